The van der Waals surface area contributed by atoms with Crippen LogP contribution in [0.15, 0.2) is 22.7 Å². The Morgan fingerprint density at radius 3 is 2.60 bits per heavy atom. The van der Waals surface area contributed by atoms with Crippen molar-refractivity contribution < 1.29 is 13.3 Å². The van der Waals surface area contributed by atoms with Crippen molar-refractivity contribution in [1.29, 1.82) is 0 Å². The zero-order valence-corrected chi connectivity index (χ0v) is 7.92. The number of hydrogen-bond acceptors (Lipinski definition) is 3. The van der Waals surface area contributed by atoms with E-state index in [4.69, 9.17) is 10.3 Å². The lowest BCUT2D eigenvalue weighted by Gasteiger charge is -1.99. The summed E-state index contributed by atoms with van der Waals surface area (Å²) in [4.78, 5) is 0. The first-order valence-corrected chi connectivity index (χ1v) is 4.26. The van der Waals surface area contributed by atoms with E-state index in [-0.39, 0.29) is 11.4 Å². The van der Waals surface area contributed by atoms with Crippen LogP contribution in [0.2, 0.25) is 0 Å². The first-order valence-electron chi connectivity index (χ1n) is 4.26. The average molecular weight is 210 g/mol. The lowest BCUT2D eigenvalue weighted by Crippen LogP contribution is -1.89. The van der Waals surface area contributed by atoms with Gasteiger partial charge in [-0.15, -0.1) is 0 Å². The van der Waals surface area contributed by atoms with Gasteiger partial charge >= 0.3 is 0 Å². The first-order chi connectivity index (χ1) is 7.09. The van der Waals surface area contributed by atoms with Crippen molar-refractivity contribution in [3.05, 3.63) is 35.4 Å². The van der Waals surface area contributed by atoms with E-state index in [0.717, 1.165) is 12.1 Å². The number of hydrogen-bond donors (Lipinski definition) is 1. The highest BCUT2D eigenvalue weighted by Gasteiger charge is 2.15. The number of aromatic nitrogens is 1. The molecule has 1 aromatic heterocycles. The molecule has 5 heteroatoms. The van der Waals surface area contributed by atoms with Crippen LogP contribution in [0.5, 0.6) is 0 Å². The molecule has 2 N–H and O–H groups in total. The molecule has 0 bridgehead atoms. The van der Waals surface area contributed by atoms with Crippen molar-refractivity contribution in [2.24, 2.45) is 0 Å². The second kappa shape index (κ2) is 3.34. The maximum absolute atomic E-state index is 13.4. The molecule has 0 saturated carbocycles. The minimum absolute atomic E-state index is 0.133. The van der Waals surface area contributed by atoms with Crippen LogP contribution in [0.4, 0.5) is 14.7 Å². The minimum atomic E-state index is -0.689. The predicted octanol–water partition coefficient (Wildman–Crippen LogP) is 2.51. The van der Waals surface area contributed by atoms with Gasteiger partial charge in [0, 0.05) is 17.2 Å². The van der Waals surface area contributed by atoms with Gasteiger partial charge in [-0.05, 0) is 19.1 Å². The van der Waals surface area contributed by atoms with Crippen molar-refractivity contribution in [1.82, 2.24) is 5.16 Å². The van der Waals surface area contributed by atoms with Gasteiger partial charge < -0.3 is 10.3 Å². The fourth-order valence-electron chi connectivity index (χ4n) is 1.28. The summed E-state index contributed by atoms with van der Waals surface area (Å²) in [5, 5.41) is 3.61. The third-order valence-electron chi connectivity index (χ3n) is 2.15. The molecule has 2 rings (SSSR count). The Morgan fingerprint density at radius 1 is 1.33 bits per heavy atom. The van der Waals surface area contributed by atoms with Gasteiger partial charge in [0.05, 0.1) is 0 Å². The van der Waals surface area contributed by atoms with Crippen LogP contribution in [-0.2, 0) is 0 Å². The largest absolute Gasteiger partial charge is 0.367 e. The monoisotopic (exact) mass is 210 g/mol. The topological polar surface area (TPSA) is 52.0 Å². The predicted molar refractivity (Wildman–Crippen MR) is 51.0 cm³/mol. The maximum Gasteiger partial charge on any atom is 0.225 e. The summed E-state index contributed by atoms with van der Waals surface area (Å²) in [7, 11) is 0. The molecule has 15 heavy (non-hydrogen) atoms. The smallest absolute Gasteiger partial charge is 0.225 e. The van der Waals surface area contributed by atoms with Crippen molar-refractivity contribution in [2.45, 2.75) is 6.92 Å². The Balaban J connectivity index is 2.59. The Morgan fingerprint density at radius 2 is 2.07 bits per heavy atom. The molecule has 0 fully saturated rings. The van der Waals surface area contributed by atoms with Gasteiger partial charge in [-0.25, -0.2) is 8.78 Å². The Kier molecular flexibility index (Phi) is 2.15. The molecule has 1 aromatic carbocycles. The Hall–Kier alpha value is -1.91. The molecule has 0 saturated heterocycles. The fourth-order valence-corrected chi connectivity index (χ4v) is 1.28. The molecular formula is C10H8F2N2O. The number of rotatable bonds is 1. The molecule has 0 aliphatic heterocycles. The van der Waals surface area contributed by atoms with E-state index in [1.165, 1.54) is 6.07 Å². The first kappa shape index (κ1) is 9.64. The number of nitrogen functional groups attached to an aromatic ring is 1. The number of anilines is 1. The Bertz CT molecular complexity index is 508. The molecule has 0 spiro atoms. The number of halogens is 2. The quantitative estimate of drug-likeness (QED) is 0.786. The van der Waals surface area contributed by atoms with Crippen LogP contribution in [0.25, 0.3) is 11.3 Å². The van der Waals surface area contributed by atoms with E-state index in [2.05, 4.69) is 5.16 Å². The van der Waals surface area contributed by atoms with Crippen molar-refractivity contribution in [3.63, 3.8) is 0 Å². The summed E-state index contributed by atoms with van der Waals surface area (Å²) >= 11 is 0. The van der Waals surface area contributed by atoms with Crippen LogP contribution < -0.4 is 5.73 Å². The zero-order chi connectivity index (χ0) is 11.0. The molecule has 3 nitrogen and oxygen atoms in total. The van der Waals surface area contributed by atoms with Gasteiger partial charge in [0.2, 0.25) is 5.88 Å². The van der Waals surface area contributed by atoms with Gasteiger partial charge in [-0.2, -0.15) is 0 Å². The molecule has 78 valence electrons. The van der Waals surface area contributed by atoms with E-state index in [1.807, 2.05) is 0 Å². The number of benzene rings is 1. The average Bonchev–Trinajstić information content (AvgIpc) is 2.49. The van der Waals surface area contributed by atoms with E-state index in [1.54, 1.807) is 6.92 Å². The summed E-state index contributed by atoms with van der Waals surface area (Å²) in [5.74, 6) is -1.19. The molecule has 0 unspecified atom stereocenters. The number of nitrogens with two attached hydrogens (primary N) is 1. The van der Waals surface area contributed by atoms with Gasteiger partial charge in [-0.3, -0.25) is 0 Å². The van der Waals surface area contributed by atoms with Gasteiger partial charge in [0.25, 0.3) is 0 Å². The standard InChI is InChI=1S/C10H8F2N2O/c1-5-9(14-15-10(5)13)7-3-2-6(11)4-8(7)12/h2-4H,13H2,1H3. The van der Waals surface area contributed by atoms with Crippen LogP contribution in [0.3, 0.4) is 0 Å². The highest BCUT2D eigenvalue weighted by atomic mass is 19.1. The molecule has 0 radical (unpaired) electrons. The molecular weight excluding hydrogens is 202 g/mol. The zero-order valence-electron chi connectivity index (χ0n) is 7.92. The van der Waals surface area contributed by atoms with E-state index >= 15 is 0 Å². The normalized spacial score (nSPS) is 10.6. The third-order valence-corrected chi connectivity index (χ3v) is 2.15. The third kappa shape index (κ3) is 1.56. The minimum Gasteiger partial charge on any atom is -0.367 e. The Labute approximate surface area is 84.5 Å². The van der Waals surface area contributed by atoms with Crippen molar-refractivity contribution in [2.75, 3.05) is 5.73 Å². The summed E-state index contributed by atoms with van der Waals surface area (Å²) in [6.07, 6.45) is 0. The second-order valence-corrected chi connectivity index (χ2v) is 3.14. The second-order valence-electron chi connectivity index (χ2n) is 3.14. The van der Waals surface area contributed by atoms with E-state index in [9.17, 15) is 8.78 Å². The molecule has 0 aliphatic carbocycles. The molecule has 2 aromatic rings. The lowest BCUT2D eigenvalue weighted by atomic mass is 10.1. The van der Waals surface area contributed by atoms with Crippen LogP contribution in [-0.4, -0.2) is 5.16 Å². The molecule has 0 aliphatic rings. The summed E-state index contributed by atoms with van der Waals surface area (Å²) in [5.41, 5.74) is 6.45. The highest BCUT2D eigenvalue weighted by molar-refractivity contribution is 5.66. The van der Waals surface area contributed by atoms with Gasteiger partial charge in [0.15, 0.2) is 0 Å². The molecule has 0 atom stereocenters. The summed E-state index contributed by atoms with van der Waals surface area (Å²) < 4.78 is 30.7. The van der Waals surface area contributed by atoms with Gasteiger partial charge in [0.1, 0.15) is 17.3 Å². The fraction of sp³-hybridized carbons (Fsp3) is 0.100. The molecule has 1 heterocycles. The summed E-state index contributed by atoms with van der Waals surface area (Å²) in [6, 6.07) is 3.25. The number of nitrogens with zero attached hydrogens (tertiary/aromatic N) is 1. The van der Waals surface area contributed by atoms with Crippen molar-refractivity contribution >= 4 is 5.88 Å². The summed E-state index contributed by atoms with van der Waals surface area (Å²) in [6.45, 7) is 1.66. The highest BCUT2D eigenvalue weighted by Crippen LogP contribution is 2.28. The molecule has 0 amide bonds. The SMILES string of the molecule is Cc1c(-c2ccc(F)cc2F)noc1N. The van der Waals surface area contributed by atoms with Crippen LogP contribution in [0.1, 0.15) is 5.56 Å². The maximum atomic E-state index is 13.4. The van der Waals surface area contributed by atoms with Crippen LogP contribution in [0, 0.1) is 18.6 Å². The van der Waals surface area contributed by atoms with Gasteiger partial charge in [-0.1, -0.05) is 5.16 Å². The van der Waals surface area contributed by atoms with E-state index < -0.39 is 11.6 Å². The van der Waals surface area contributed by atoms with Crippen LogP contribution >= 0.6 is 0 Å². The van der Waals surface area contributed by atoms with Crippen molar-refractivity contribution in [3.8, 4) is 11.3 Å². The lowest BCUT2D eigenvalue weighted by molar-refractivity contribution is 0.438. The van der Waals surface area contributed by atoms with E-state index in [0.29, 0.717) is 11.3 Å².